The molecule has 0 radical (unpaired) electrons. The summed E-state index contributed by atoms with van der Waals surface area (Å²) in [6.45, 7) is -0.298. The number of fused-ring (bicyclic) bond motifs is 3. The minimum atomic E-state index is -2.33. The third-order valence-corrected chi connectivity index (χ3v) is 7.81. The Hall–Kier alpha value is -6.34. The van der Waals surface area contributed by atoms with Crippen LogP contribution in [0.15, 0.2) is 140 Å². The van der Waals surface area contributed by atoms with Crippen LogP contribution < -0.4 is 9.47 Å². The molecule has 0 atom stereocenters. The molecule has 0 spiro atoms. The van der Waals surface area contributed by atoms with Crippen molar-refractivity contribution in [3.05, 3.63) is 151 Å². The standard InChI is InChI=1S/C40H29N5O2/c1-26-18-28(36-8-3-5-14-41-36)22-32(20-26)46-30-10-12-34-35-13-11-31(25-39(35)45(38(34)24-30)40-43-16-7-17-44-40)47-33-21-27(2)19-29(23-33)37-9-4-6-15-42-37/h3-25H,1-2H3/i1D3. The van der Waals surface area contributed by atoms with Gasteiger partial charge in [-0.1, -0.05) is 12.1 Å². The van der Waals surface area contributed by atoms with E-state index in [4.69, 9.17) is 13.6 Å². The third-order valence-electron chi connectivity index (χ3n) is 7.81. The minimum absolute atomic E-state index is 0.164. The predicted octanol–water partition coefficient (Wildman–Crippen LogP) is 9.90. The molecule has 4 aromatic carbocycles. The number of ether oxygens (including phenoxy) is 2. The Morgan fingerprint density at radius 3 is 1.57 bits per heavy atom. The van der Waals surface area contributed by atoms with Gasteiger partial charge in [-0.2, -0.15) is 0 Å². The van der Waals surface area contributed by atoms with E-state index in [2.05, 4.69) is 26.0 Å². The minimum Gasteiger partial charge on any atom is -0.457 e. The van der Waals surface area contributed by atoms with E-state index in [0.717, 1.165) is 38.6 Å². The van der Waals surface area contributed by atoms with Gasteiger partial charge in [-0.3, -0.25) is 14.5 Å². The fraction of sp³-hybridized carbons (Fsp3) is 0.0500. The van der Waals surface area contributed by atoms with Crippen molar-refractivity contribution < 1.29 is 13.6 Å². The second-order valence-corrected chi connectivity index (χ2v) is 11.2. The number of rotatable bonds is 7. The first-order valence-electron chi connectivity index (χ1n) is 16.6. The van der Waals surface area contributed by atoms with Crippen LogP contribution in [-0.2, 0) is 0 Å². The zero-order valence-corrected chi connectivity index (χ0v) is 25.3. The predicted molar refractivity (Wildman–Crippen MR) is 185 cm³/mol. The van der Waals surface area contributed by atoms with E-state index in [0.29, 0.717) is 40.2 Å². The fourth-order valence-electron chi connectivity index (χ4n) is 5.83. The van der Waals surface area contributed by atoms with Crippen LogP contribution in [0.5, 0.6) is 23.0 Å². The molecule has 8 rings (SSSR count). The molecule has 7 heteroatoms. The van der Waals surface area contributed by atoms with Crippen molar-refractivity contribution in [1.29, 1.82) is 0 Å². The van der Waals surface area contributed by atoms with E-state index in [-0.39, 0.29) is 5.56 Å². The van der Waals surface area contributed by atoms with Crippen LogP contribution >= 0.6 is 0 Å². The molecule has 0 aliphatic heterocycles. The zero-order valence-electron chi connectivity index (χ0n) is 28.3. The Balaban J connectivity index is 1.21. The molecule has 0 unspecified atom stereocenters. The summed E-state index contributed by atoms with van der Waals surface area (Å²) in [5.74, 6) is 2.73. The number of benzene rings is 4. The van der Waals surface area contributed by atoms with E-state index in [1.807, 2.05) is 96.4 Å². The quantitative estimate of drug-likeness (QED) is 0.178. The summed E-state index contributed by atoms with van der Waals surface area (Å²) in [6.07, 6.45) is 6.85. The first-order valence-corrected chi connectivity index (χ1v) is 15.1. The number of aryl methyl sites for hydroxylation is 2. The second-order valence-electron chi connectivity index (χ2n) is 11.2. The highest BCUT2D eigenvalue weighted by molar-refractivity contribution is 6.09. The molecular formula is C40H29N5O2. The van der Waals surface area contributed by atoms with E-state index in [9.17, 15) is 0 Å². The zero-order chi connectivity index (χ0) is 34.2. The van der Waals surface area contributed by atoms with Gasteiger partial charge in [0.1, 0.15) is 23.0 Å². The lowest BCUT2D eigenvalue weighted by Crippen LogP contribution is -2.00. The average molecular weight is 615 g/mol. The number of nitrogens with zero attached hydrogens (tertiary/aromatic N) is 5. The molecule has 0 amide bonds. The van der Waals surface area contributed by atoms with Crippen LogP contribution in [0, 0.1) is 13.8 Å². The van der Waals surface area contributed by atoms with Gasteiger partial charge in [-0.15, -0.1) is 0 Å². The van der Waals surface area contributed by atoms with E-state index < -0.39 is 6.85 Å². The molecule has 8 aromatic rings. The van der Waals surface area contributed by atoms with Crippen LogP contribution in [0.3, 0.4) is 0 Å². The highest BCUT2D eigenvalue weighted by Gasteiger charge is 2.17. The summed E-state index contributed by atoms with van der Waals surface area (Å²) in [4.78, 5) is 18.1. The van der Waals surface area contributed by atoms with Gasteiger partial charge in [-0.05, 0) is 116 Å². The van der Waals surface area contributed by atoms with E-state index >= 15 is 0 Å². The molecule has 0 fully saturated rings. The maximum atomic E-state index is 8.08. The molecule has 0 bridgehead atoms. The lowest BCUT2D eigenvalue weighted by molar-refractivity contribution is 0.483. The van der Waals surface area contributed by atoms with E-state index in [1.54, 1.807) is 49.1 Å². The Morgan fingerprint density at radius 1 is 0.511 bits per heavy atom. The highest BCUT2D eigenvalue weighted by Crippen LogP contribution is 2.38. The van der Waals surface area contributed by atoms with Crippen molar-refractivity contribution in [3.63, 3.8) is 0 Å². The van der Waals surface area contributed by atoms with Crippen LogP contribution in [0.25, 0.3) is 50.3 Å². The van der Waals surface area contributed by atoms with E-state index in [1.165, 1.54) is 0 Å². The molecule has 7 nitrogen and oxygen atoms in total. The van der Waals surface area contributed by atoms with Gasteiger partial charge < -0.3 is 9.47 Å². The highest BCUT2D eigenvalue weighted by atomic mass is 16.5. The van der Waals surface area contributed by atoms with Gasteiger partial charge >= 0.3 is 0 Å². The first-order chi connectivity index (χ1) is 24.3. The molecule has 0 N–H and O–H groups in total. The molecule has 0 aliphatic carbocycles. The SMILES string of the molecule is [2H]C([2H])([2H])c1cc(Oc2ccc3c4ccc(Oc5cc(C)cc(-c6ccccn6)c5)cc4n(-c4ncccn4)c3c2)cc(-c2ccccn2)c1. The summed E-state index contributed by atoms with van der Waals surface area (Å²) >= 11 is 0. The summed E-state index contributed by atoms with van der Waals surface area (Å²) < 4.78 is 39.0. The Kier molecular flexibility index (Phi) is 6.29. The van der Waals surface area contributed by atoms with Gasteiger partial charge in [0.15, 0.2) is 0 Å². The number of pyridine rings is 2. The van der Waals surface area contributed by atoms with Gasteiger partial charge in [0.2, 0.25) is 5.95 Å². The monoisotopic (exact) mass is 614 g/mol. The maximum Gasteiger partial charge on any atom is 0.234 e. The molecule has 226 valence electrons. The molecule has 0 saturated heterocycles. The van der Waals surface area contributed by atoms with Crippen LogP contribution in [0.4, 0.5) is 0 Å². The van der Waals surface area contributed by atoms with Crippen LogP contribution in [0.2, 0.25) is 0 Å². The molecular weight excluding hydrogens is 582 g/mol. The summed E-state index contributed by atoms with van der Waals surface area (Å²) in [7, 11) is 0. The summed E-state index contributed by atoms with van der Waals surface area (Å²) in [5, 5.41) is 1.94. The van der Waals surface area contributed by atoms with Gasteiger partial charge in [0.05, 0.1) is 22.4 Å². The van der Waals surface area contributed by atoms with Crippen molar-refractivity contribution in [3.8, 4) is 51.5 Å². The van der Waals surface area contributed by atoms with Crippen molar-refractivity contribution in [2.45, 2.75) is 13.8 Å². The first kappa shape index (κ1) is 24.9. The smallest absolute Gasteiger partial charge is 0.234 e. The molecule has 47 heavy (non-hydrogen) atoms. The Bertz CT molecular complexity index is 2490. The Morgan fingerprint density at radius 2 is 1.04 bits per heavy atom. The van der Waals surface area contributed by atoms with Crippen molar-refractivity contribution in [2.75, 3.05) is 0 Å². The lowest BCUT2D eigenvalue weighted by Gasteiger charge is -2.11. The fourth-order valence-corrected chi connectivity index (χ4v) is 5.83. The number of aromatic nitrogens is 5. The largest absolute Gasteiger partial charge is 0.457 e. The Labute approximate surface area is 276 Å². The van der Waals surface area contributed by atoms with Crippen LogP contribution in [0.1, 0.15) is 15.2 Å². The van der Waals surface area contributed by atoms with Gasteiger partial charge in [0, 0.05) is 62.9 Å². The van der Waals surface area contributed by atoms with Crippen molar-refractivity contribution >= 4 is 21.8 Å². The third kappa shape index (κ3) is 5.66. The molecule has 4 aromatic heterocycles. The van der Waals surface area contributed by atoms with Gasteiger partial charge in [-0.25, -0.2) is 9.97 Å². The molecule has 0 aliphatic rings. The summed E-state index contributed by atoms with van der Waals surface area (Å²) in [6, 6.07) is 35.9. The number of hydrogen-bond acceptors (Lipinski definition) is 6. The second kappa shape index (κ2) is 11.9. The van der Waals surface area contributed by atoms with Crippen molar-refractivity contribution in [2.24, 2.45) is 0 Å². The molecule has 0 saturated carbocycles. The lowest BCUT2D eigenvalue weighted by atomic mass is 10.1. The number of hydrogen-bond donors (Lipinski definition) is 0. The van der Waals surface area contributed by atoms with Crippen LogP contribution in [-0.4, -0.2) is 24.5 Å². The van der Waals surface area contributed by atoms with Gasteiger partial charge in [0.25, 0.3) is 0 Å². The van der Waals surface area contributed by atoms with Crippen molar-refractivity contribution in [1.82, 2.24) is 24.5 Å². The topological polar surface area (TPSA) is 75.0 Å². The maximum absolute atomic E-state index is 8.08. The summed E-state index contributed by atoms with van der Waals surface area (Å²) in [5.41, 5.74) is 6.02. The average Bonchev–Trinajstić information content (AvgIpc) is 3.44. The molecule has 4 heterocycles. The normalized spacial score (nSPS) is 12.4.